The van der Waals surface area contributed by atoms with Crippen LogP contribution in [0, 0.1) is 34.5 Å². The van der Waals surface area contributed by atoms with E-state index in [9.17, 15) is 4.79 Å². The molecule has 1 aliphatic heterocycles. The fraction of sp³-hybridized carbons (Fsp3) is 0.800. The Morgan fingerprint density at radius 3 is 2.26 bits per heavy atom. The number of hydrogen-bond donors (Lipinski definition) is 0. The monoisotopic (exact) mass is 258 g/mol. The first-order valence-electron chi connectivity index (χ1n) is 7.35. The predicted octanol–water partition coefficient (Wildman–Crippen LogP) is 2.44. The van der Waals surface area contributed by atoms with Gasteiger partial charge < -0.3 is 4.84 Å². The average molecular weight is 258 g/mol. The highest BCUT2D eigenvalue weighted by molar-refractivity contribution is 6.42. The van der Waals surface area contributed by atoms with E-state index in [4.69, 9.17) is 10.1 Å². The Morgan fingerprint density at radius 2 is 1.79 bits per heavy atom. The Labute approximate surface area is 112 Å². The third kappa shape index (κ3) is 1.64. The third-order valence-electron chi connectivity index (χ3n) is 5.59. The van der Waals surface area contributed by atoms with Gasteiger partial charge in [0.15, 0.2) is 5.78 Å². The second-order valence-electron chi connectivity index (χ2n) is 6.99. The minimum Gasteiger partial charge on any atom is -0.376 e. The fourth-order valence-corrected chi connectivity index (χ4v) is 5.28. The molecule has 0 N–H and O–H groups in total. The number of ketones is 1. The van der Waals surface area contributed by atoms with Crippen molar-refractivity contribution in [2.45, 2.75) is 51.0 Å². The van der Waals surface area contributed by atoms with Gasteiger partial charge in [0.1, 0.15) is 11.8 Å². The number of nitrogens with zero attached hydrogens (tertiary/aromatic N) is 2. The van der Waals surface area contributed by atoms with E-state index in [1.54, 1.807) is 0 Å². The summed E-state index contributed by atoms with van der Waals surface area (Å²) in [7, 11) is 0. The lowest BCUT2D eigenvalue weighted by molar-refractivity contribution is -0.136. The van der Waals surface area contributed by atoms with Crippen molar-refractivity contribution in [2.75, 3.05) is 0 Å². The molecule has 4 fully saturated rings. The minimum atomic E-state index is -0.548. The molecule has 0 aromatic carbocycles. The van der Waals surface area contributed by atoms with Gasteiger partial charge in [-0.15, -0.1) is 0 Å². The van der Waals surface area contributed by atoms with Crippen LogP contribution in [0.3, 0.4) is 0 Å². The van der Waals surface area contributed by atoms with Gasteiger partial charge in [0, 0.05) is 5.41 Å². The average Bonchev–Trinajstić information content (AvgIpc) is 2.84. The zero-order chi connectivity index (χ0) is 13.0. The zero-order valence-electron chi connectivity index (χ0n) is 11.0. The van der Waals surface area contributed by atoms with Crippen molar-refractivity contribution >= 4 is 11.5 Å². The van der Waals surface area contributed by atoms with Crippen molar-refractivity contribution in [1.29, 1.82) is 5.26 Å². The number of oxime groups is 1. The van der Waals surface area contributed by atoms with Gasteiger partial charge in [-0.05, 0) is 56.3 Å². The Kier molecular flexibility index (Phi) is 2.30. The molecule has 4 saturated carbocycles. The molecule has 0 spiro atoms. The first kappa shape index (κ1) is 11.5. The Morgan fingerprint density at radius 1 is 1.21 bits per heavy atom. The Hall–Kier alpha value is -1.37. The van der Waals surface area contributed by atoms with Crippen LogP contribution in [0.4, 0.5) is 0 Å². The zero-order valence-corrected chi connectivity index (χ0v) is 11.0. The molecular weight excluding hydrogens is 240 g/mol. The third-order valence-corrected chi connectivity index (χ3v) is 5.59. The van der Waals surface area contributed by atoms with Crippen LogP contribution in [0.2, 0.25) is 0 Å². The molecule has 19 heavy (non-hydrogen) atoms. The van der Waals surface area contributed by atoms with Gasteiger partial charge in [-0.2, -0.15) is 5.26 Å². The molecule has 5 aliphatic rings. The quantitative estimate of drug-likeness (QED) is 0.764. The Bertz CT molecular complexity index is 467. The topological polar surface area (TPSA) is 62.5 Å². The lowest BCUT2D eigenvalue weighted by Gasteiger charge is -2.55. The van der Waals surface area contributed by atoms with Crippen molar-refractivity contribution in [3.63, 3.8) is 0 Å². The van der Waals surface area contributed by atoms with Gasteiger partial charge in [-0.1, -0.05) is 5.16 Å². The molecular formula is C15H18N2O2. The number of rotatable bonds is 2. The standard InChI is InChI=1S/C15H18N2O2/c16-8-12-4-13(17-19-12)14(18)15-5-9-1-10(6-15)3-11(2-9)7-15/h9-12H,1-7H2. The van der Waals surface area contributed by atoms with Crippen LogP contribution in [0.25, 0.3) is 0 Å². The van der Waals surface area contributed by atoms with Crippen LogP contribution in [0.1, 0.15) is 44.9 Å². The van der Waals surface area contributed by atoms with Gasteiger partial charge in [-0.25, -0.2) is 0 Å². The SMILES string of the molecule is N#CC1CC(C(=O)C23CC4CC(CC(C4)C2)C3)=NO1. The van der Waals surface area contributed by atoms with Crippen LogP contribution < -0.4 is 0 Å². The van der Waals surface area contributed by atoms with E-state index in [1.165, 1.54) is 19.3 Å². The first-order valence-corrected chi connectivity index (χ1v) is 7.35. The summed E-state index contributed by atoms with van der Waals surface area (Å²) in [5, 5.41) is 12.7. The van der Waals surface area contributed by atoms with Crippen molar-refractivity contribution in [3.8, 4) is 6.07 Å². The molecule has 0 aromatic rings. The summed E-state index contributed by atoms with van der Waals surface area (Å²) in [6, 6.07) is 2.03. The summed E-state index contributed by atoms with van der Waals surface area (Å²) in [6.07, 6.45) is 6.98. The molecule has 4 aliphatic carbocycles. The molecule has 0 saturated heterocycles. The van der Waals surface area contributed by atoms with Gasteiger partial charge >= 0.3 is 0 Å². The van der Waals surface area contributed by atoms with Crippen molar-refractivity contribution in [2.24, 2.45) is 28.3 Å². The second kappa shape index (κ2) is 3.82. The van der Waals surface area contributed by atoms with E-state index in [0.717, 1.165) is 37.0 Å². The van der Waals surface area contributed by atoms with E-state index < -0.39 is 6.10 Å². The number of nitriles is 1. The van der Waals surface area contributed by atoms with Crippen LogP contribution in [-0.2, 0) is 9.63 Å². The first-order chi connectivity index (χ1) is 9.18. The van der Waals surface area contributed by atoms with E-state index >= 15 is 0 Å². The second-order valence-corrected chi connectivity index (χ2v) is 6.99. The van der Waals surface area contributed by atoms with E-state index in [-0.39, 0.29) is 11.2 Å². The van der Waals surface area contributed by atoms with Crippen molar-refractivity contribution in [3.05, 3.63) is 0 Å². The summed E-state index contributed by atoms with van der Waals surface area (Å²) in [5.74, 6) is 2.46. The van der Waals surface area contributed by atoms with Gasteiger partial charge in [0.25, 0.3) is 0 Å². The smallest absolute Gasteiger partial charge is 0.218 e. The summed E-state index contributed by atoms with van der Waals surface area (Å²) < 4.78 is 0. The fourth-order valence-electron chi connectivity index (χ4n) is 5.28. The lowest BCUT2D eigenvalue weighted by Crippen LogP contribution is -2.51. The maximum Gasteiger partial charge on any atom is 0.218 e. The normalized spacial score (nSPS) is 46.6. The molecule has 1 unspecified atom stereocenters. The molecule has 0 radical (unpaired) electrons. The molecule has 4 nitrogen and oxygen atoms in total. The summed E-state index contributed by atoms with van der Waals surface area (Å²) in [6.45, 7) is 0. The number of hydrogen-bond acceptors (Lipinski definition) is 4. The molecule has 0 amide bonds. The van der Waals surface area contributed by atoms with E-state index in [0.29, 0.717) is 12.1 Å². The summed E-state index contributed by atoms with van der Waals surface area (Å²) in [4.78, 5) is 17.8. The van der Waals surface area contributed by atoms with Gasteiger partial charge in [-0.3, -0.25) is 4.79 Å². The van der Waals surface area contributed by atoms with Crippen molar-refractivity contribution in [1.82, 2.24) is 0 Å². The van der Waals surface area contributed by atoms with Crippen LogP contribution in [0.15, 0.2) is 5.16 Å². The van der Waals surface area contributed by atoms with Crippen LogP contribution >= 0.6 is 0 Å². The molecule has 4 heteroatoms. The highest BCUT2D eigenvalue weighted by Gasteiger charge is 2.55. The molecule has 100 valence electrons. The molecule has 5 rings (SSSR count). The summed E-state index contributed by atoms with van der Waals surface area (Å²) in [5.41, 5.74) is 0.370. The van der Waals surface area contributed by atoms with Crippen LogP contribution in [-0.4, -0.2) is 17.6 Å². The maximum absolute atomic E-state index is 12.8. The van der Waals surface area contributed by atoms with Crippen molar-refractivity contribution < 1.29 is 9.63 Å². The molecule has 4 bridgehead atoms. The molecule has 0 aromatic heterocycles. The highest BCUT2D eigenvalue weighted by Crippen LogP contribution is 2.60. The van der Waals surface area contributed by atoms with E-state index in [2.05, 4.69) is 5.16 Å². The predicted molar refractivity (Wildman–Crippen MR) is 68.2 cm³/mol. The number of carbonyl (C=O) groups excluding carboxylic acids is 1. The highest BCUT2D eigenvalue weighted by atomic mass is 16.6. The van der Waals surface area contributed by atoms with Gasteiger partial charge in [0.05, 0.1) is 6.42 Å². The van der Waals surface area contributed by atoms with Gasteiger partial charge in [0.2, 0.25) is 6.10 Å². The molecule has 1 heterocycles. The van der Waals surface area contributed by atoms with Crippen LogP contribution in [0.5, 0.6) is 0 Å². The number of Topliss-reactive ketones (excluding diaryl/α,β-unsaturated/α-hetero) is 1. The summed E-state index contributed by atoms with van der Waals surface area (Å²) >= 11 is 0. The van der Waals surface area contributed by atoms with E-state index in [1.807, 2.05) is 6.07 Å². The maximum atomic E-state index is 12.8. The minimum absolute atomic E-state index is 0.151. The molecule has 1 atom stereocenters. The largest absolute Gasteiger partial charge is 0.376 e. The lowest BCUT2D eigenvalue weighted by atomic mass is 9.48. The Balaban J connectivity index is 1.59. The number of carbonyl (C=O) groups is 1.